The average Bonchev–Trinajstić information content (AvgIpc) is 2.65. The molecular weight excluding hydrogens is 1100 g/mol. The first-order valence-corrected chi connectivity index (χ1v) is 30.8. The van der Waals surface area contributed by atoms with Crippen molar-refractivity contribution in [3.8, 4) is 5.75 Å². The number of carbonyl (C=O) groups excluding carboxylic acids is 1. The van der Waals surface area contributed by atoms with Crippen LogP contribution in [-0.2, 0) is 48.8 Å². The smallest absolute Gasteiger partial charge is 0.480 e. The zero-order valence-electron chi connectivity index (χ0n) is 46.8. The van der Waals surface area contributed by atoms with E-state index in [9.17, 15) is 40.9 Å². The number of carbonyl (C=O) groups is 2. The molecule has 0 saturated carbocycles. The summed E-state index contributed by atoms with van der Waals surface area (Å²) in [5.74, 6) is -0.972. The zero-order valence-corrected chi connectivity index (χ0v) is 48.4. The minimum Gasteiger partial charge on any atom is -0.480 e. The van der Waals surface area contributed by atoms with E-state index in [0.717, 1.165) is 51.5 Å². The molecule has 0 fully saturated rings. The van der Waals surface area contributed by atoms with Gasteiger partial charge in [0, 0.05) is 65.1 Å². The molecular formula is C61H71N9O11S2+4. The van der Waals surface area contributed by atoms with Gasteiger partial charge in [-0.3, -0.25) is 23.7 Å². The van der Waals surface area contributed by atoms with Gasteiger partial charge in [0.25, 0.3) is 21.6 Å². The maximum atomic E-state index is 13.5. The number of unbranched alkanes of at least 4 members (excludes halogenated alkanes) is 2. The molecule has 83 heavy (non-hydrogen) atoms. The van der Waals surface area contributed by atoms with Crippen LogP contribution in [0.25, 0.3) is 11.2 Å². The molecule has 20 nitrogen and oxygen atoms in total. The van der Waals surface area contributed by atoms with E-state index >= 15 is 0 Å². The number of hydrogen-bond donors (Lipinski definition) is 6. The Hall–Kier alpha value is -8.31. The SMILES string of the molecule is CC1(C)C(/C=C/C2=C(Oc3ccc(CC(NC(=O)c4ccc(NCc5cnc6nc(N)[nH]c(=O)c6n5)cc4)C(=O)O)cc3)C(=C/C=C3/N(CCCCS(=O)(=O)O)c4ccccc4C3(C)C)/CCC2)=[N+](CCCCS(=[OH+])(=[OH+])[OH2+])c2ccccc21. The quantitative estimate of drug-likeness (QED) is 0.0152. The number of amides is 1. The van der Waals surface area contributed by atoms with Gasteiger partial charge < -0.3 is 31.1 Å². The van der Waals surface area contributed by atoms with Gasteiger partial charge in [-0.2, -0.15) is 18.0 Å². The molecule has 4 heterocycles. The molecule has 2 aromatic heterocycles. The normalized spacial score (nSPS) is 17.1. The molecule has 4 aromatic carbocycles. The van der Waals surface area contributed by atoms with Crippen molar-refractivity contribution in [2.45, 2.75) is 102 Å². The number of carboxylic acid groups (broad SMARTS) is 1. The Morgan fingerprint density at radius 1 is 0.892 bits per heavy atom. The number of fused-ring (bicyclic) bond motifs is 3. The fourth-order valence-corrected chi connectivity index (χ4v) is 12.3. The summed E-state index contributed by atoms with van der Waals surface area (Å²) in [5, 5.41) is 16.2. The first-order valence-electron chi connectivity index (χ1n) is 27.5. The van der Waals surface area contributed by atoms with Crippen LogP contribution in [0.2, 0.25) is 0 Å². The first kappa shape index (κ1) is 59.3. The minimum absolute atomic E-state index is 0.00660. The number of ether oxygens (including phenoxy) is 1. The number of anilines is 3. The van der Waals surface area contributed by atoms with Crippen molar-refractivity contribution in [2.24, 2.45) is 0 Å². The summed E-state index contributed by atoms with van der Waals surface area (Å²) in [5.41, 5.74) is 14.9. The Morgan fingerprint density at radius 3 is 2.33 bits per heavy atom. The van der Waals surface area contributed by atoms with Crippen LogP contribution in [0, 0.1) is 0 Å². The summed E-state index contributed by atoms with van der Waals surface area (Å²) in [7, 11) is -7.47. The van der Waals surface area contributed by atoms with Gasteiger partial charge in [0.15, 0.2) is 16.9 Å². The highest BCUT2D eigenvalue weighted by molar-refractivity contribution is 7.86. The molecule has 22 heteroatoms. The number of nitrogens with two attached hydrogens (primary N) is 1. The number of aliphatic carboxylic acids is 1. The molecule has 1 unspecified atom stereocenters. The minimum atomic E-state index is -4.11. The van der Waals surface area contributed by atoms with Crippen molar-refractivity contribution in [1.82, 2.24) is 25.3 Å². The molecule has 0 spiro atoms. The third kappa shape index (κ3) is 14.1. The molecule has 0 radical (unpaired) electrons. The van der Waals surface area contributed by atoms with Crippen LogP contribution >= 0.6 is 0 Å². The van der Waals surface area contributed by atoms with Crippen molar-refractivity contribution in [3.63, 3.8) is 0 Å². The van der Waals surface area contributed by atoms with Crippen LogP contribution in [-0.4, -0.2) is 104 Å². The number of rotatable bonds is 23. The Bertz CT molecular complexity index is 3930. The molecule has 11 N–H and O–H groups in total. The molecule has 0 bridgehead atoms. The van der Waals surface area contributed by atoms with E-state index in [2.05, 4.69) is 116 Å². The summed E-state index contributed by atoms with van der Waals surface area (Å²) >= 11 is 0. The van der Waals surface area contributed by atoms with E-state index in [-0.39, 0.29) is 52.6 Å². The van der Waals surface area contributed by atoms with Gasteiger partial charge in [-0.25, -0.2) is 14.8 Å². The van der Waals surface area contributed by atoms with E-state index < -0.39 is 49.1 Å². The zero-order chi connectivity index (χ0) is 59.3. The Balaban J connectivity index is 0.973. The summed E-state index contributed by atoms with van der Waals surface area (Å²) in [6.45, 7) is 10.1. The van der Waals surface area contributed by atoms with Gasteiger partial charge in [-0.15, -0.1) is 8.42 Å². The second-order valence-corrected chi connectivity index (χ2v) is 25.4. The highest BCUT2D eigenvalue weighted by Crippen LogP contribution is 2.48. The largest absolute Gasteiger partial charge is 0.648 e. The number of hydrogen-bond acceptors (Lipinski definition) is 12. The average molecular weight is 1170 g/mol. The molecule has 3 aliphatic rings. The number of H-pyrrole nitrogens is 1. The topological polar surface area (TPSA) is 312 Å². The van der Waals surface area contributed by atoms with E-state index in [1.54, 1.807) is 48.5 Å². The van der Waals surface area contributed by atoms with Crippen molar-refractivity contribution in [2.75, 3.05) is 40.5 Å². The predicted molar refractivity (Wildman–Crippen MR) is 323 cm³/mol. The number of nitrogens with one attached hydrogen (secondary N) is 3. The standard InChI is InChI=1S/C61H67N9O11S2/c1-60(2)46-16-5-7-18-49(46)69(32-9-11-34-82(75,76)77)51(60)30-24-40-14-13-15-41(25-31-52-61(3,4)47-17-6-8-19-50(47)70(52)33-10-12-35-83(78,79)80)54(40)81-45-28-20-39(21-29-45)36-48(58(73)74)66-56(71)42-22-26-43(27-23-42)63-37-44-38-64-55-53(65-44)57(72)68-59(62)67-55/h5-8,16-31,38,48H,9-15,32-37H2,1-4H3,(H7-,62,63,64,66,67,68,71,72,73,74,75,76,77,78,79,80)/p+4. The number of nitrogen functional groups attached to an aromatic ring is 1. The predicted octanol–water partition coefficient (Wildman–Crippen LogP) is 8.21. The summed E-state index contributed by atoms with van der Waals surface area (Å²) in [4.78, 5) is 55.6. The number of nitrogens with zero attached hydrogens (tertiary/aromatic N) is 5. The van der Waals surface area contributed by atoms with E-state index in [1.807, 2.05) is 24.3 Å². The van der Waals surface area contributed by atoms with Gasteiger partial charge in [0.1, 0.15) is 24.1 Å². The number of benzene rings is 4. The number of aromatic nitrogens is 4. The lowest BCUT2D eigenvalue weighted by Gasteiger charge is -2.27. The third-order valence-electron chi connectivity index (χ3n) is 15.3. The second kappa shape index (κ2) is 24.6. The Kier molecular flexibility index (Phi) is 17.6. The van der Waals surface area contributed by atoms with Crippen molar-refractivity contribution in [1.29, 1.82) is 0 Å². The van der Waals surface area contributed by atoms with Crippen molar-refractivity contribution in [3.05, 3.63) is 188 Å². The number of carboxylic acids is 1. The molecule has 1 aliphatic carbocycles. The van der Waals surface area contributed by atoms with Gasteiger partial charge in [0.2, 0.25) is 17.4 Å². The van der Waals surface area contributed by atoms with Gasteiger partial charge in [-0.1, -0.05) is 68.5 Å². The second-order valence-electron chi connectivity index (χ2n) is 22.1. The lowest BCUT2D eigenvalue weighted by atomic mass is 9.81. The lowest BCUT2D eigenvalue weighted by Crippen LogP contribution is -2.42. The third-order valence-corrected chi connectivity index (χ3v) is 17.0. The van der Waals surface area contributed by atoms with Crippen LogP contribution in [0.3, 0.4) is 0 Å². The van der Waals surface area contributed by atoms with Gasteiger partial charge in [0.05, 0.1) is 29.6 Å². The van der Waals surface area contributed by atoms with Crippen LogP contribution in [0.1, 0.15) is 105 Å². The van der Waals surface area contributed by atoms with E-state index in [0.29, 0.717) is 80.1 Å². The molecule has 1 amide bonds. The van der Waals surface area contributed by atoms with Gasteiger partial charge >= 0.3 is 16.1 Å². The van der Waals surface area contributed by atoms with Crippen LogP contribution in [0.4, 0.5) is 23.0 Å². The first-order chi connectivity index (χ1) is 39.4. The molecule has 0 saturated heterocycles. The fourth-order valence-electron chi connectivity index (χ4n) is 11.1. The lowest BCUT2D eigenvalue weighted by molar-refractivity contribution is -0.438. The number of allylic oxidation sites excluding steroid dienone is 7. The monoisotopic (exact) mass is 1170 g/mol. The van der Waals surface area contributed by atoms with Crippen molar-refractivity contribution < 1.29 is 49.9 Å². The van der Waals surface area contributed by atoms with Crippen LogP contribution in [0.5, 0.6) is 5.75 Å². The van der Waals surface area contributed by atoms with Crippen LogP contribution in [0.15, 0.2) is 155 Å². The maximum Gasteiger partial charge on any atom is 0.648 e. The molecule has 1 atom stereocenters. The van der Waals surface area contributed by atoms with Crippen molar-refractivity contribution >= 4 is 72.0 Å². The maximum absolute atomic E-state index is 13.5. The van der Waals surface area contributed by atoms with Crippen LogP contribution < -0.4 is 31.6 Å². The number of para-hydroxylation sites is 2. The van der Waals surface area contributed by atoms with E-state index in [4.69, 9.17) is 15.0 Å². The summed E-state index contributed by atoms with van der Waals surface area (Å²) < 4.78 is 69.2. The molecule has 6 aromatic rings. The summed E-state index contributed by atoms with van der Waals surface area (Å²) in [6, 6.07) is 28.8. The fraction of sp³-hybridized carbons (Fsp3) is 0.328. The van der Waals surface area contributed by atoms with Gasteiger partial charge in [-0.05, 0) is 129 Å². The summed E-state index contributed by atoms with van der Waals surface area (Å²) in [6.07, 6.45) is 14.2. The highest BCUT2D eigenvalue weighted by atomic mass is 32.2. The Labute approximate surface area is 482 Å². The highest BCUT2D eigenvalue weighted by Gasteiger charge is 2.44. The molecule has 2 aliphatic heterocycles. The molecule has 434 valence electrons. The molecule has 9 rings (SSSR count). The Morgan fingerprint density at radius 2 is 1.60 bits per heavy atom. The van der Waals surface area contributed by atoms with E-state index in [1.165, 1.54) is 6.20 Å². The number of aromatic amines is 1.